The van der Waals surface area contributed by atoms with Gasteiger partial charge in [-0.15, -0.1) is 0 Å². The van der Waals surface area contributed by atoms with Crippen LogP contribution in [0.3, 0.4) is 0 Å². The molecule has 2 aromatic rings. The molecule has 1 aromatic heterocycles. The van der Waals surface area contributed by atoms with Crippen molar-refractivity contribution in [3.05, 3.63) is 77.8 Å². The molecule has 0 fully saturated rings. The van der Waals surface area contributed by atoms with E-state index in [4.69, 9.17) is 0 Å². The molecule has 22 heavy (non-hydrogen) atoms. The molecule has 0 bridgehead atoms. The predicted octanol–water partition coefficient (Wildman–Crippen LogP) is 3.37. The highest BCUT2D eigenvalue weighted by Gasteiger charge is 2.06. The summed E-state index contributed by atoms with van der Waals surface area (Å²) in [5, 5.41) is 5.43. The fourth-order valence-electron chi connectivity index (χ4n) is 2.36. The minimum atomic E-state index is 0.822. The van der Waals surface area contributed by atoms with Gasteiger partial charge in [0.25, 0.3) is 0 Å². The van der Waals surface area contributed by atoms with Crippen LogP contribution in [0.25, 0.3) is 17.0 Å². The first-order valence-corrected chi connectivity index (χ1v) is 7.15. The number of benzene rings is 2. The number of aromatic nitrogens is 3. The Labute approximate surface area is 127 Å². The molecule has 2 aliphatic rings. The molecule has 4 rings (SSSR count). The van der Waals surface area contributed by atoms with Crippen molar-refractivity contribution in [2.75, 3.05) is 0 Å². The fraction of sp³-hybridized carbons (Fsp3) is 0.0556. The molecule has 0 saturated carbocycles. The zero-order valence-electron chi connectivity index (χ0n) is 12.1. The first kappa shape index (κ1) is 12.7. The van der Waals surface area contributed by atoms with Gasteiger partial charge >= 0.3 is 0 Å². The zero-order valence-corrected chi connectivity index (χ0v) is 12.1. The Morgan fingerprint density at radius 2 is 1.77 bits per heavy atom. The third-order valence-electron chi connectivity index (χ3n) is 3.52. The van der Waals surface area contributed by atoms with Crippen LogP contribution >= 0.6 is 0 Å². The minimum Gasteiger partial charge on any atom is -0.249 e. The van der Waals surface area contributed by atoms with E-state index in [1.807, 2.05) is 54.7 Å². The van der Waals surface area contributed by atoms with Crippen molar-refractivity contribution in [3.63, 3.8) is 0 Å². The average Bonchev–Trinajstić information content (AvgIpc) is 2.55. The molecule has 106 valence electrons. The van der Waals surface area contributed by atoms with Gasteiger partial charge in [-0.3, -0.25) is 0 Å². The summed E-state index contributed by atoms with van der Waals surface area (Å²) in [7, 11) is 0. The molecule has 0 spiro atoms. The molecular formula is C18H14N4. The second-order valence-corrected chi connectivity index (χ2v) is 5.24. The molecule has 1 aliphatic carbocycles. The Hall–Kier alpha value is -3.01. The summed E-state index contributed by atoms with van der Waals surface area (Å²) in [6, 6.07) is 19.9. The van der Waals surface area contributed by atoms with Crippen LogP contribution in [-0.2, 0) is 0 Å². The van der Waals surface area contributed by atoms with Crippen molar-refractivity contribution in [1.82, 2.24) is 14.6 Å². The molecule has 0 amide bonds. The maximum atomic E-state index is 4.64. The van der Waals surface area contributed by atoms with Crippen molar-refractivity contribution < 1.29 is 0 Å². The molecule has 0 radical (unpaired) electrons. The van der Waals surface area contributed by atoms with Gasteiger partial charge in [-0.25, -0.2) is 14.5 Å². The van der Waals surface area contributed by atoms with Crippen molar-refractivity contribution in [1.29, 1.82) is 0 Å². The highest BCUT2D eigenvalue weighted by molar-refractivity contribution is 5.58. The maximum Gasteiger partial charge on any atom is 0.154 e. The van der Waals surface area contributed by atoms with Gasteiger partial charge in [-0.05, 0) is 49.4 Å². The number of fused-ring (bicyclic) bond motifs is 2. The molecule has 4 heteroatoms. The number of hydrogen-bond acceptors (Lipinski definition) is 3. The monoisotopic (exact) mass is 286 g/mol. The van der Waals surface area contributed by atoms with Gasteiger partial charge in [-0.1, -0.05) is 23.8 Å². The van der Waals surface area contributed by atoms with Gasteiger partial charge in [0.15, 0.2) is 5.65 Å². The second-order valence-electron chi connectivity index (χ2n) is 5.24. The Kier molecular flexibility index (Phi) is 2.93. The molecule has 0 saturated heterocycles. The van der Waals surface area contributed by atoms with Crippen molar-refractivity contribution in [2.45, 2.75) is 6.92 Å². The van der Waals surface area contributed by atoms with E-state index in [-0.39, 0.29) is 0 Å². The first-order chi connectivity index (χ1) is 10.8. The Bertz CT molecular complexity index is 984. The second kappa shape index (κ2) is 5.07. The SMILES string of the molecule is Cc1ccc(N=c2ccc3nn4ccccc4nc-3c2)cc1. The quantitative estimate of drug-likeness (QED) is 0.503. The van der Waals surface area contributed by atoms with Gasteiger partial charge in [0.2, 0.25) is 0 Å². The van der Waals surface area contributed by atoms with Crippen LogP contribution in [0.15, 0.2) is 71.9 Å². The number of aryl methyl sites for hydroxylation is 1. The van der Waals surface area contributed by atoms with Crippen molar-refractivity contribution >= 4 is 11.3 Å². The molecule has 1 aliphatic heterocycles. The highest BCUT2D eigenvalue weighted by atomic mass is 15.2. The maximum absolute atomic E-state index is 4.64. The lowest BCUT2D eigenvalue weighted by molar-refractivity contribution is 0.898. The standard InChI is InChI=1S/C18H14N4/c1-13-5-7-14(8-6-13)19-15-9-10-16-17(12-15)20-18-4-2-3-11-22(18)21-16/h2-12H,1H3. The lowest BCUT2D eigenvalue weighted by atomic mass is 10.2. The van der Waals surface area contributed by atoms with Gasteiger partial charge < -0.3 is 0 Å². The van der Waals surface area contributed by atoms with E-state index in [0.29, 0.717) is 0 Å². The summed E-state index contributed by atoms with van der Waals surface area (Å²) >= 11 is 0. The number of hydrogen-bond donors (Lipinski definition) is 0. The van der Waals surface area contributed by atoms with E-state index in [1.165, 1.54) is 5.56 Å². The van der Waals surface area contributed by atoms with Crippen molar-refractivity contribution in [3.8, 4) is 11.4 Å². The van der Waals surface area contributed by atoms with E-state index >= 15 is 0 Å². The lowest BCUT2D eigenvalue weighted by Crippen LogP contribution is -2.07. The largest absolute Gasteiger partial charge is 0.249 e. The van der Waals surface area contributed by atoms with E-state index in [0.717, 1.165) is 28.1 Å². The molecule has 0 unspecified atom stereocenters. The summed E-state index contributed by atoms with van der Waals surface area (Å²) in [5.41, 5.74) is 4.69. The van der Waals surface area contributed by atoms with Crippen LogP contribution in [0.2, 0.25) is 0 Å². The summed E-state index contributed by atoms with van der Waals surface area (Å²) in [5.74, 6) is 0. The molecule has 0 N–H and O–H groups in total. The fourth-order valence-corrected chi connectivity index (χ4v) is 2.36. The Morgan fingerprint density at radius 1 is 0.909 bits per heavy atom. The smallest absolute Gasteiger partial charge is 0.154 e. The van der Waals surface area contributed by atoms with E-state index in [1.54, 1.807) is 4.52 Å². The van der Waals surface area contributed by atoms with Crippen LogP contribution in [0, 0.1) is 6.92 Å². The normalized spacial score (nSPS) is 12.1. The molecule has 0 atom stereocenters. The zero-order chi connectivity index (χ0) is 14.9. The first-order valence-electron chi connectivity index (χ1n) is 7.15. The van der Waals surface area contributed by atoms with E-state index < -0.39 is 0 Å². The highest BCUT2D eigenvalue weighted by Crippen LogP contribution is 2.16. The number of nitrogens with zero attached hydrogens (tertiary/aromatic N) is 4. The predicted molar refractivity (Wildman–Crippen MR) is 86.0 cm³/mol. The van der Waals surface area contributed by atoms with Gasteiger partial charge in [0, 0.05) is 6.20 Å². The van der Waals surface area contributed by atoms with Crippen molar-refractivity contribution in [2.24, 2.45) is 4.99 Å². The van der Waals surface area contributed by atoms with E-state index in [2.05, 4.69) is 34.1 Å². The Morgan fingerprint density at radius 3 is 2.64 bits per heavy atom. The molecule has 2 heterocycles. The van der Waals surface area contributed by atoms with Crippen LogP contribution in [0.5, 0.6) is 0 Å². The number of pyridine rings is 1. The summed E-state index contributed by atoms with van der Waals surface area (Å²) in [6.07, 6.45) is 1.90. The van der Waals surface area contributed by atoms with Crippen LogP contribution in [-0.4, -0.2) is 14.6 Å². The van der Waals surface area contributed by atoms with Gasteiger partial charge in [0.05, 0.1) is 16.7 Å². The molecule has 1 aromatic carbocycles. The Balaban J connectivity index is 1.88. The lowest BCUT2D eigenvalue weighted by Gasteiger charge is -2.06. The number of rotatable bonds is 1. The van der Waals surface area contributed by atoms with Crippen LogP contribution in [0.4, 0.5) is 5.69 Å². The van der Waals surface area contributed by atoms with Crippen LogP contribution < -0.4 is 5.36 Å². The third-order valence-corrected chi connectivity index (χ3v) is 3.52. The van der Waals surface area contributed by atoms with E-state index in [9.17, 15) is 0 Å². The summed E-state index contributed by atoms with van der Waals surface area (Å²) in [6.45, 7) is 2.07. The van der Waals surface area contributed by atoms with Crippen LogP contribution in [0.1, 0.15) is 5.56 Å². The average molecular weight is 286 g/mol. The minimum absolute atomic E-state index is 0.822. The van der Waals surface area contributed by atoms with Gasteiger partial charge in [0.1, 0.15) is 5.69 Å². The summed E-state index contributed by atoms with van der Waals surface area (Å²) in [4.78, 5) is 9.27. The van der Waals surface area contributed by atoms with Gasteiger partial charge in [-0.2, -0.15) is 5.10 Å². The topological polar surface area (TPSA) is 42.5 Å². The molecular weight excluding hydrogens is 272 g/mol. The summed E-state index contributed by atoms with van der Waals surface area (Å²) < 4.78 is 1.78. The third kappa shape index (κ3) is 2.35. The molecule has 4 nitrogen and oxygen atoms in total.